The Balaban J connectivity index is 1.86. The Morgan fingerprint density at radius 1 is 1.57 bits per heavy atom. The average molecular weight is 304 g/mol. The molecule has 0 amide bonds. The highest BCUT2D eigenvalue weighted by atomic mass is 32.1. The molecule has 0 radical (unpaired) electrons. The molecule has 3 rings (SSSR count). The van der Waals surface area contributed by atoms with Crippen LogP contribution in [0.15, 0.2) is 6.20 Å². The molecule has 0 saturated heterocycles. The zero-order valence-corrected chi connectivity index (χ0v) is 13.4. The summed E-state index contributed by atoms with van der Waals surface area (Å²) in [6.45, 7) is 4.28. The summed E-state index contributed by atoms with van der Waals surface area (Å²) >= 11 is 1.48. The topological polar surface area (TPSA) is 72.9 Å². The van der Waals surface area contributed by atoms with Crippen molar-refractivity contribution in [2.24, 2.45) is 7.05 Å². The number of Topliss-reactive ketones (excluding diaryl/α,β-unsaturated/α-hetero) is 1. The Bertz CT molecular complexity index is 697. The molecule has 21 heavy (non-hydrogen) atoms. The first-order valence-corrected chi connectivity index (χ1v) is 7.95. The molecule has 3 N–H and O–H groups in total. The van der Waals surface area contributed by atoms with Gasteiger partial charge in [0.25, 0.3) is 0 Å². The van der Waals surface area contributed by atoms with E-state index < -0.39 is 0 Å². The molecule has 1 fully saturated rings. The average Bonchev–Trinajstić information content (AvgIpc) is 3.11. The third-order valence-corrected chi connectivity index (χ3v) is 5.12. The van der Waals surface area contributed by atoms with Crippen LogP contribution in [0.5, 0.6) is 0 Å². The number of thiophene rings is 1. The summed E-state index contributed by atoms with van der Waals surface area (Å²) in [7, 11) is 1.92. The molecule has 1 saturated carbocycles. The number of aryl methyl sites for hydroxylation is 2. The van der Waals surface area contributed by atoms with Crippen LogP contribution < -0.4 is 11.1 Å². The monoisotopic (exact) mass is 304 g/mol. The van der Waals surface area contributed by atoms with E-state index in [-0.39, 0.29) is 5.78 Å². The number of nitrogens with one attached hydrogen (secondary N) is 1. The summed E-state index contributed by atoms with van der Waals surface area (Å²) in [5.41, 5.74) is 10.2. The van der Waals surface area contributed by atoms with E-state index >= 15 is 0 Å². The van der Waals surface area contributed by atoms with Crippen LogP contribution in [0.25, 0.3) is 0 Å². The molecule has 1 aliphatic rings. The van der Waals surface area contributed by atoms with E-state index in [9.17, 15) is 4.79 Å². The Labute approximate surface area is 128 Å². The second kappa shape index (κ2) is 5.18. The number of ketones is 1. The molecular formula is C15H20N4OS. The number of rotatable bonds is 5. The van der Waals surface area contributed by atoms with Crippen molar-refractivity contribution in [3.63, 3.8) is 0 Å². The number of nitrogens with two attached hydrogens (primary N) is 1. The van der Waals surface area contributed by atoms with Crippen LogP contribution in [0, 0.1) is 6.92 Å². The van der Waals surface area contributed by atoms with Gasteiger partial charge in [-0.25, -0.2) is 0 Å². The predicted octanol–water partition coefficient (Wildman–Crippen LogP) is 3.06. The molecule has 0 atom stereocenters. The third kappa shape index (κ3) is 2.68. The van der Waals surface area contributed by atoms with E-state index in [4.69, 9.17) is 5.73 Å². The van der Waals surface area contributed by atoms with E-state index in [1.54, 1.807) is 6.92 Å². The molecule has 5 nitrogen and oxygen atoms in total. The lowest BCUT2D eigenvalue weighted by atomic mass is 10.1. The summed E-state index contributed by atoms with van der Waals surface area (Å²) in [5.74, 6) is 0.567. The van der Waals surface area contributed by atoms with Crippen molar-refractivity contribution in [3.8, 4) is 0 Å². The first-order valence-electron chi connectivity index (χ1n) is 7.13. The van der Waals surface area contributed by atoms with Gasteiger partial charge in [-0.05, 0) is 25.7 Å². The number of hydrogen-bond donors (Lipinski definition) is 2. The quantitative estimate of drug-likeness (QED) is 0.833. The smallest absolute Gasteiger partial charge is 0.171 e. The van der Waals surface area contributed by atoms with Gasteiger partial charge in [0.15, 0.2) is 5.78 Å². The van der Waals surface area contributed by atoms with Gasteiger partial charge < -0.3 is 11.1 Å². The molecular weight excluding hydrogens is 284 g/mol. The fourth-order valence-electron chi connectivity index (χ4n) is 2.62. The molecule has 0 bridgehead atoms. The van der Waals surface area contributed by atoms with Crippen molar-refractivity contribution in [1.29, 1.82) is 0 Å². The first-order chi connectivity index (χ1) is 9.97. The molecule has 0 aromatic carbocycles. The molecule has 0 spiro atoms. The highest BCUT2D eigenvalue weighted by Gasteiger charge is 2.32. The molecule has 1 aliphatic carbocycles. The highest BCUT2D eigenvalue weighted by molar-refractivity contribution is 7.18. The molecule has 0 aliphatic heterocycles. The Hall–Kier alpha value is -1.82. The zero-order chi connectivity index (χ0) is 15.1. The fraction of sp³-hybridized carbons (Fsp3) is 0.467. The lowest BCUT2D eigenvalue weighted by Gasteiger charge is -2.06. The number of aromatic nitrogens is 2. The first kappa shape index (κ1) is 14.1. The van der Waals surface area contributed by atoms with E-state index in [1.807, 2.05) is 24.9 Å². The summed E-state index contributed by atoms with van der Waals surface area (Å²) < 4.78 is 1.82. The maximum absolute atomic E-state index is 11.7. The van der Waals surface area contributed by atoms with Crippen LogP contribution in [0.2, 0.25) is 0 Å². The number of nitrogens with zero attached hydrogens (tertiary/aromatic N) is 2. The number of anilines is 2. The van der Waals surface area contributed by atoms with Gasteiger partial charge in [0.2, 0.25) is 0 Å². The van der Waals surface area contributed by atoms with Crippen LogP contribution in [-0.4, -0.2) is 15.6 Å². The molecule has 2 heterocycles. The van der Waals surface area contributed by atoms with Crippen molar-refractivity contribution in [1.82, 2.24) is 9.78 Å². The van der Waals surface area contributed by atoms with Crippen LogP contribution in [0.4, 0.5) is 10.7 Å². The van der Waals surface area contributed by atoms with Gasteiger partial charge in [0.05, 0.1) is 21.3 Å². The molecule has 0 unspecified atom stereocenters. The van der Waals surface area contributed by atoms with E-state index in [2.05, 4.69) is 10.4 Å². The molecule has 2 aromatic rings. The fourth-order valence-corrected chi connectivity index (χ4v) is 3.72. The normalized spacial score (nSPS) is 14.4. The molecule has 2 aromatic heterocycles. The van der Waals surface area contributed by atoms with Gasteiger partial charge in [-0.3, -0.25) is 9.48 Å². The Morgan fingerprint density at radius 3 is 2.81 bits per heavy atom. The number of hydrogen-bond acceptors (Lipinski definition) is 5. The Kier molecular flexibility index (Phi) is 3.49. The largest absolute Gasteiger partial charge is 0.397 e. The van der Waals surface area contributed by atoms with Gasteiger partial charge >= 0.3 is 0 Å². The van der Waals surface area contributed by atoms with Crippen LogP contribution in [-0.2, 0) is 13.6 Å². The summed E-state index contributed by atoms with van der Waals surface area (Å²) in [5, 5.41) is 8.84. The van der Waals surface area contributed by atoms with Gasteiger partial charge in [0.1, 0.15) is 0 Å². The van der Waals surface area contributed by atoms with Crippen molar-refractivity contribution in [2.45, 2.75) is 39.2 Å². The second-order valence-electron chi connectivity index (χ2n) is 5.69. The van der Waals surface area contributed by atoms with Gasteiger partial charge in [-0.15, -0.1) is 11.3 Å². The number of nitrogen functional groups attached to an aromatic ring is 1. The minimum atomic E-state index is 0.0463. The lowest BCUT2D eigenvalue weighted by Crippen LogP contribution is -2.01. The minimum absolute atomic E-state index is 0.0463. The van der Waals surface area contributed by atoms with E-state index in [0.29, 0.717) is 23.0 Å². The zero-order valence-electron chi connectivity index (χ0n) is 12.6. The summed E-state index contributed by atoms with van der Waals surface area (Å²) in [4.78, 5) is 12.4. The molecule has 6 heteroatoms. The van der Waals surface area contributed by atoms with E-state index in [0.717, 1.165) is 21.8 Å². The maximum atomic E-state index is 11.7. The van der Waals surface area contributed by atoms with Crippen LogP contribution in [0.1, 0.15) is 52.2 Å². The predicted molar refractivity (Wildman–Crippen MR) is 86.0 cm³/mol. The van der Waals surface area contributed by atoms with E-state index in [1.165, 1.54) is 24.2 Å². The second-order valence-corrected chi connectivity index (χ2v) is 6.71. The third-order valence-electron chi connectivity index (χ3n) is 3.84. The summed E-state index contributed by atoms with van der Waals surface area (Å²) in [6, 6.07) is 0. The van der Waals surface area contributed by atoms with Gasteiger partial charge in [-0.2, -0.15) is 5.10 Å². The standard InChI is InChI=1S/C15H20N4OS/c1-8-11(7-19(3)18-8)6-17-15-12(10-4-5-10)13(16)14(21-15)9(2)20/h7,10,17H,4-6,16H2,1-3H3. The van der Waals surface area contributed by atoms with Crippen molar-refractivity contribution >= 4 is 27.8 Å². The van der Waals surface area contributed by atoms with Crippen molar-refractivity contribution in [3.05, 3.63) is 27.9 Å². The maximum Gasteiger partial charge on any atom is 0.171 e. The minimum Gasteiger partial charge on any atom is -0.397 e. The molecule has 112 valence electrons. The lowest BCUT2D eigenvalue weighted by molar-refractivity contribution is 0.102. The van der Waals surface area contributed by atoms with Crippen molar-refractivity contribution < 1.29 is 4.79 Å². The SMILES string of the molecule is CC(=O)c1sc(NCc2cn(C)nc2C)c(C2CC2)c1N. The highest BCUT2D eigenvalue weighted by Crippen LogP contribution is 2.50. The van der Waals surface area contributed by atoms with Gasteiger partial charge in [-0.1, -0.05) is 0 Å². The summed E-state index contributed by atoms with van der Waals surface area (Å²) in [6.07, 6.45) is 4.35. The number of carbonyl (C=O) groups excluding carboxylic acids is 1. The van der Waals surface area contributed by atoms with Crippen molar-refractivity contribution in [2.75, 3.05) is 11.1 Å². The van der Waals surface area contributed by atoms with Crippen LogP contribution in [0.3, 0.4) is 0 Å². The van der Waals surface area contributed by atoms with Gasteiger partial charge in [0, 0.05) is 37.8 Å². The number of carbonyl (C=O) groups is 1. The van der Waals surface area contributed by atoms with Crippen LogP contribution >= 0.6 is 11.3 Å². The Morgan fingerprint density at radius 2 is 2.29 bits per heavy atom.